The number of para-hydroxylation sites is 3. The van der Waals surface area contributed by atoms with Crippen LogP contribution in [0.4, 0.5) is 0 Å². The van der Waals surface area contributed by atoms with Crippen molar-refractivity contribution in [1.29, 1.82) is 0 Å². The van der Waals surface area contributed by atoms with Gasteiger partial charge in [0.1, 0.15) is 23.4 Å². The van der Waals surface area contributed by atoms with E-state index in [-0.39, 0.29) is 17.9 Å². The number of nitrogens with zero attached hydrogens (tertiary/aromatic N) is 1. The number of allylic oxidation sites excluding steroid dienone is 11. The number of aromatic nitrogens is 1. The molecule has 0 bridgehead atoms. The lowest BCUT2D eigenvalue weighted by Gasteiger charge is -2.53. The van der Waals surface area contributed by atoms with Crippen molar-refractivity contribution in [2.45, 2.75) is 62.9 Å². The van der Waals surface area contributed by atoms with E-state index in [4.69, 9.17) is 9.47 Å². The topological polar surface area (TPSA) is 23.4 Å². The van der Waals surface area contributed by atoms with Crippen LogP contribution in [-0.2, 0) is 11.8 Å². The van der Waals surface area contributed by atoms with E-state index in [0.717, 1.165) is 55.8 Å². The van der Waals surface area contributed by atoms with Crippen LogP contribution in [0.1, 0.15) is 84.2 Å². The molecule has 1 aromatic heterocycles. The molecule has 0 fully saturated rings. The predicted molar refractivity (Wildman–Crippen MR) is 215 cm³/mol. The van der Waals surface area contributed by atoms with Gasteiger partial charge in [0.15, 0.2) is 0 Å². The van der Waals surface area contributed by atoms with Crippen LogP contribution in [0.3, 0.4) is 0 Å². The first-order valence-corrected chi connectivity index (χ1v) is 19.6. The van der Waals surface area contributed by atoms with Gasteiger partial charge in [-0.15, -0.1) is 0 Å². The molecule has 0 radical (unpaired) electrons. The molecule has 4 aromatic rings. The molecule has 3 nitrogen and oxygen atoms in total. The lowest BCUT2D eigenvalue weighted by molar-refractivity contribution is 0.128. The monoisotopic (exact) mass is 689 g/mol. The molecule has 11 rings (SSSR count). The third-order valence-electron chi connectivity index (χ3n) is 12.8. The maximum Gasteiger partial charge on any atom is 0.139 e. The smallest absolute Gasteiger partial charge is 0.139 e. The van der Waals surface area contributed by atoms with Gasteiger partial charge in [0.25, 0.3) is 0 Å². The minimum Gasteiger partial charge on any atom is -0.485 e. The van der Waals surface area contributed by atoms with Crippen molar-refractivity contribution in [3.8, 4) is 17.2 Å². The number of benzene rings is 3. The number of ether oxygens (including phenoxy) is 2. The van der Waals surface area contributed by atoms with Crippen molar-refractivity contribution < 1.29 is 9.47 Å². The highest BCUT2D eigenvalue weighted by Crippen LogP contribution is 2.63. The summed E-state index contributed by atoms with van der Waals surface area (Å²) in [6.07, 6.45) is 34.3. The maximum atomic E-state index is 7.12. The molecule has 260 valence electrons. The summed E-state index contributed by atoms with van der Waals surface area (Å²) >= 11 is 0. The van der Waals surface area contributed by atoms with E-state index in [9.17, 15) is 0 Å². The Bertz CT molecular complexity index is 2440. The summed E-state index contributed by atoms with van der Waals surface area (Å²) in [6.45, 7) is 2.34. The van der Waals surface area contributed by atoms with Crippen LogP contribution in [0.25, 0.3) is 23.4 Å². The van der Waals surface area contributed by atoms with Crippen LogP contribution >= 0.6 is 0 Å². The molecule has 0 saturated heterocycles. The molecule has 7 aliphatic rings. The summed E-state index contributed by atoms with van der Waals surface area (Å²) in [5.41, 5.74) is 14.3. The van der Waals surface area contributed by atoms with Gasteiger partial charge in [-0.2, -0.15) is 0 Å². The van der Waals surface area contributed by atoms with Gasteiger partial charge in [-0.1, -0.05) is 110 Å². The lowest BCUT2D eigenvalue weighted by atomic mass is 9.54. The molecule has 1 spiro atoms. The van der Waals surface area contributed by atoms with E-state index >= 15 is 0 Å². The fourth-order valence-corrected chi connectivity index (χ4v) is 10.6. The number of fused-ring (bicyclic) bond motifs is 10. The van der Waals surface area contributed by atoms with Crippen LogP contribution in [0.15, 0.2) is 150 Å². The average Bonchev–Trinajstić information content (AvgIpc) is 3.56. The number of hydrogen-bond donors (Lipinski definition) is 0. The SMILES string of the molecule is CC1C=CC2=C(C1)C1(c3ccccc3O[C@@H]3C=CC(C4CC=Cc5c4c4c(n5-c5ccccc5)C=CCC4)=CC31)c1cccc(C3=CC=CCC3)c1O2. The van der Waals surface area contributed by atoms with Gasteiger partial charge in [0.05, 0.1) is 5.41 Å². The van der Waals surface area contributed by atoms with Crippen LogP contribution < -0.4 is 9.47 Å². The van der Waals surface area contributed by atoms with Gasteiger partial charge in [-0.25, -0.2) is 0 Å². The van der Waals surface area contributed by atoms with Crippen molar-refractivity contribution >= 4 is 17.7 Å². The second kappa shape index (κ2) is 12.0. The quantitative estimate of drug-likeness (QED) is 0.214. The zero-order valence-electron chi connectivity index (χ0n) is 30.2. The van der Waals surface area contributed by atoms with Gasteiger partial charge in [-0.05, 0) is 115 Å². The highest BCUT2D eigenvalue weighted by molar-refractivity contribution is 5.78. The van der Waals surface area contributed by atoms with Crippen LogP contribution in [-0.4, -0.2) is 10.7 Å². The highest BCUT2D eigenvalue weighted by Gasteiger charge is 2.57. The van der Waals surface area contributed by atoms with E-state index in [1.807, 2.05) is 0 Å². The molecule has 2 aliphatic heterocycles. The first-order valence-electron chi connectivity index (χ1n) is 19.6. The van der Waals surface area contributed by atoms with E-state index in [2.05, 4.69) is 157 Å². The second-order valence-electron chi connectivity index (χ2n) is 15.7. The molecule has 5 atom stereocenters. The zero-order valence-corrected chi connectivity index (χ0v) is 30.2. The van der Waals surface area contributed by atoms with Crippen molar-refractivity contribution in [1.82, 2.24) is 4.57 Å². The van der Waals surface area contributed by atoms with Crippen LogP contribution in [0.2, 0.25) is 0 Å². The first kappa shape index (κ1) is 31.0. The van der Waals surface area contributed by atoms with Gasteiger partial charge in [-0.3, -0.25) is 0 Å². The molecule has 0 saturated carbocycles. The van der Waals surface area contributed by atoms with Crippen molar-refractivity contribution in [2.75, 3.05) is 0 Å². The lowest BCUT2D eigenvalue weighted by Crippen LogP contribution is -2.51. The minimum atomic E-state index is -0.454. The van der Waals surface area contributed by atoms with E-state index < -0.39 is 5.41 Å². The number of rotatable bonds is 3. The van der Waals surface area contributed by atoms with Crippen LogP contribution in [0.5, 0.6) is 11.5 Å². The van der Waals surface area contributed by atoms with Crippen molar-refractivity contribution in [3.63, 3.8) is 0 Å². The molecule has 4 unspecified atom stereocenters. The molecule has 3 heteroatoms. The normalized spacial score (nSPS) is 27.0. The summed E-state index contributed by atoms with van der Waals surface area (Å²) in [7, 11) is 0. The Morgan fingerprint density at radius 1 is 0.774 bits per heavy atom. The Labute approximate surface area is 312 Å². The van der Waals surface area contributed by atoms with Gasteiger partial charge >= 0.3 is 0 Å². The second-order valence-corrected chi connectivity index (χ2v) is 15.7. The van der Waals surface area contributed by atoms with Crippen molar-refractivity contribution in [3.05, 3.63) is 190 Å². The molecule has 0 amide bonds. The molecular weight excluding hydrogens is 647 g/mol. The third kappa shape index (κ3) is 4.53. The Kier molecular flexibility index (Phi) is 7.02. The van der Waals surface area contributed by atoms with Gasteiger partial charge < -0.3 is 14.0 Å². The van der Waals surface area contributed by atoms with Crippen LogP contribution in [0, 0.1) is 11.8 Å². The maximum absolute atomic E-state index is 7.12. The van der Waals surface area contributed by atoms with E-state index in [1.54, 1.807) is 0 Å². The van der Waals surface area contributed by atoms with E-state index in [1.165, 1.54) is 61.6 Å². The minimum absolute atomic E-state index is 0.0421. The largest absolute Gasteiger partial charge is 0.485 e. The number of hydrogen-bond acceptors (Lipinski definition) is 2. The van der Waals surface area contributed by atoms with Crippen molar-refractivity contribution in [2.24, 2.45) is 11.8 Å². The molecular formula is C50H43NO2. The van der Waals surface area contributed by atoms with Gasteiger partial charge in [0, 0.05) is 45.6 Å². The standard InChI is InChI=1S/C50H43NO2/c1-32-26-28-47-41(30-32)50(40-22-12-20-37(49(40)53-47)33-14-4-2-5-15-33)39-21-9-11-25-45(39)52-46-29-27-34(31-42(46)50)36-19-13-24-44-48(36)38-18-8-10-23-43(38)51(44)35-16-6-3-7-17-35/h2-4,6-7,9-14,16-17,20-29,31-32,36,42,46H,5,8,15,18-19,30H2,1H3/t32?,36?,42?,46-,50?/m1/s1. The van der Waals surface area contributed by atoms with E-state index in [0.29, 0.717) is 5.92 Å². The Morgan fingerprint density at radius 3 is 2.53 bits per heavy atom. The van der Waals surface area contributed by atoms with Gasteiger partial charge in [0.2, 0.25) is 0 Å². The molecule has 53 heavy (non-hydrogen) atoms. The first-order chi connectivity index (χ1) is 26.2. The average molecular weight is 690 g/mol. The molecule has 3 heterocycles. The molecule has 0 N–H and O–H groups in total. The Hall–Kier alpha value is -5.54. The summed E-state index contributed by atoms with van der Waals surface area (Å²) in [4.78, 5) is 0. The Balaban J connectivity index is 1.15. The third-order valence-corrected chi connectivity index (χ3v) is 12.8. The fraction of sp³-hybridized carbons (Fsp3) is 0.240. The summed E-state index contributed by atoms with van der Waals surface area (Å²) in [5.74, 6) is 3.71. The zero-order chi connectivity index (χ0) is 35.1. The molecule has 3 aromatic carbocycles. The fourth-order valence-electron chi connectivity index (χ4n) is 10.6. The Morgan fingerprint density at radius 2 is 1.62 bits per heavy atom. The highest BCUT2D eigenvalue weighted by atomic mass is 16.5. The molecule has 5 aliphatic carbocycles. The summed E-state index contributed by atoms with van der Waals surface area (Å²) in [6, 6.07) is 26.6. The predicted octanol–water partition coefficient (Wildman–Crippen LogP) is 11.8. The summed E-state index contributed by atoms with van der Waals surface area (Å²) in [5, 5.41) is 0. The summed E-state index contributed by atoms with van der Waals surface area (Å²) < 4.78 is 16.6.